The van der Waals surface area contributed by atoms with Crippen LogP contribution in [0.2, 0.25) is 0 Å². The van der Waals surface area contributed by atoms with Gasteiger partial charge in [-0.2, -0.15) is 0 Å². The number of benzene rings is 2. The van der Waals surface area contributed by atoms with Crippen molar-refractivity contribution in [2.45, 2.75) is 39.8 Å². The molecular weight excluding hydrogens is 322 g/mol. The van der Waals surface area contributed by atoms with Crippen LogP contribution in [0.4, 0.5) is 0 Å². The van der Waals surface area contributed by atoms with Crippen molar-refractivity contribution in [1.29, 1.82) is 0 Å². The van der Waals surface area contributed by atoms with E-state index in [-0.39, 0.29) is 11.9 Å². The quantitative estimate of drug-likeness (QED) is 0.717. The molecule has 1 unspecified atom stereocenters. The van der Waals surface area contributed by atoms with E-state index < -0.39 is 0 Å². The van der Waals surface area contributed by atoms with Crippen LogP contribution in [0.5, 0.6) is 0 Å². The Balaban J connectivity index is 1.67. The third-order valence-electron chi connectivity index (χ3n) is 4.69. The molecule has 2 aromatic carbocycles. The highest BCUT2D eigenvalue weighted by atomic mass is 16.1. The first-order valence-corrected chi connectivity index (χ1v) is 9.01. The molecule has 0 saturated carbocycles. The van der Waals surface area contributed by atoms with E-state index in [1.807, 2.05) is 37.4 Å². The molecule has 0 saturated heterocycles. The number of amides is 1. The van der Waals surface area contributed by atoms with Crippen molar-refractivity contribution in [1.82, 2.24) is 14.9 Å². The van der Waals surface area contributed by atoms with Crippen molar-refractivity contribution < 1.29 is 4.79 Å². The molecule has 0 aliphatic heterocycles. The smallest absolute Gasteiger partial charge is 0.251 e. The van der Waals surface area contributed by atoms with Crippen LogP contribution in [0, 0.1) is 13.8 Å². The average Bonchev–Trinajstić information content (AvgIpc) is 3.05. The second kappa shape index (κ2) is 8.00. The normalized spacial score (nSPS) is 12.0. The molecule has 134 valence electrons. The molecular formula is C22H25N3O. The lowest BCUT2D eigenvalue weighted by molar-refractivity contribution is 0.0935. The summed E-state index contributed by atoms with van der Waals surface area (Å²) in [4.78, 5) is 16.8. The summed E-state index contributed by atoms with van der Waals surface area (Å²) in [6.45, 7) is 6.89. The molecule has 0 spiro atoms. The molecule has 1 heterocycles. The number of imidazole rings is 1. The highest BCUT2D eigenvalue weighted by Gasteiger charge is 2.14. The number of carbonyl (C=O) groups is 1. The number of rotatable bonds is 6. The fraction of sp³-hybridized carbons (Fsp3) is 0.273. The Kier molecular flexibility index (Phi) is 5.52. The van der Waals surface area contributed by atoms with Crippen molar-refractivity contribution in [3.8, 4) is 0 Å². The lowest BCUT2D eigenvalue weighted by atomic mass is 10.0. The van der Waals surface area contributed by atoms with Crippen LogP contribution in [0.25, 0.3) is 0 Å². The molecule has 0 fully saturated rings. The van der Waals surface area contributed by atoms with Gasteiger partial charge in [-0.15, -0.1) is 0 Å². The van der Waals surface area contributed by atoms with Gasteiger partial charge in [0, 0.05) is 24.5 Å². The minimum Gasteiger partial charge on any atom is -0.345 e. The summed E-state index contributed by atoms with van der Waals surface area (Å²) < 4.78 is 2.08. The van der Waals surface area contributed by atoms with Crippen LogP contribution in [0.15, 0.2) is 60.9 Å². The van der Waals surface area contributed by atoms with Crippen LogP contribution in [-0.4, -0.2) is 15.5 Å². The summed E-state index contributed by atoms with van der Waals surface area (Å²) in [7, 11) is 0. The van der Waals surface area contributed by atoms with E-state index in [9.17, 15) is 4.79 Å². The SMILES string of the molecule is CCC(NC(=O)c1ccc(Cn2ccnc2C)cc1)c1ccc(C)cc1. The van der Waals surface area contributed by atoms with Gasteiger partial charge in [-0.25, -0.2) is 4.98 Å². The highest BCUT2D eigenvalue weighted by Crippen LogP contribution is 2.18. The van der Waals surface area contributed by atoms with Crippen molar-refractivity contribution >= 4 is 5.91 Å². The molecule has 3 rings (SSSR count). The van der Waals surface area contributed by atoms with E-state index >= 15 is 0 Å². The fourth-order valence-electron chi connectivity index (χ4n) is 2.99. The van der Waals surface area contributed by atoms with Crippen LogP contribution < -0.4 is 5.32 Å². The van der Waals surface area contributed by atoms with E-state index in [2.05, 4.69) is 53.0 Å². The van der Waals surface area contributed by atoms with Crippen LogP contribution >= 0.6 is 0 Å². The average molecular weight is 347 g/mol. The van der Waals surface area contributed by atoms with E-state index in [1.165, 1.54) is 5.56 Å². The molecule has 1 aromatic heterocycles. The molecule has 0 radical (unpaired) electrons. The molecule has 0 aliphatic carbocycles. The van der Waals surface area contributed by atoms with Gasteiger partial charge in [-0.1, -0.05) is 48.9 Å². The lowest BCUT2D eigenvalue weighted by Gasteiger charge is -2.18. The monoisotopic (exact) mass is 347 g/mol. The molecule has 3 aromatic rings. The minimum absolute atomic E-state index is 0.0244. The molecule has 0 aliphatic rings. The van der Waals surface area contributed by atoms with Crippen LogP contribution in [0.3, 0.4) is 0 Å². The van der Waals surface area contributed by atoms with Gasteiger partial charge in [0.1, 0.15) is 5.82 Å². The molecule has 4 heteroatoms. The van der Waals surface area contributed by atoms with Gasteiger partial charge in [0.25, 0.3) is 5.91 Å². The van der Waals surface area contributed by atoms with Gasteiger partial charge in [0.2, 0.25) is 0 Å². The van der Waals surface area contributed by atoms with Gasteiger partial charge in [0.05, 0.1) is 6.04 Å². The highest BCUT2D eigenvalue weighted by molar-refractivity contribution is 5.94. The maximum Gasteiger partial charge on any atom is 0.251 e. The molecule has 1 atom stereocenters. The van der Waals surface area contributed by atoms with Crippen LogP contribution in [0.1, 0.15) is 52.3 Å². The zero-order chi connectivity index (χ0) is 18.5. The van der Waals surface area contributed by atoms with Crippen LogP contribution in [-0.2, 0) is 6.54 Å². The van der Waals surface area contributed by atoms with E-state index in [0.29, 0.717) is 5.56 Å². The van der Waals surface area contributed by atoms with Gasteiger partial charge in [-0.3, -0.25) is 4.79 Å². The molecule has 26 heavy (non-hydrogen) atoms. The first-order chi connectivity index (χ1) is 12.6. The van der Waals surface area contributed by atoms with Crippen molar-refractivity contribution in [3.05, 3.63) is 89.0 Å². The Hall–Kier alpha value is -2.88. The Morgan fingerprint density at radius 2 is 1.77 bits per heavy atom. The fourth-order valence-corrected chi connectivity index (χ4v) is 2.99. The molecule has 1 amide bonds. The predicted molar refractivity (Wildman–Crippen MR) is 104 cm³/mol. The largest absolute Gasteiger partial charge is 0.345 e. The third-order valence-corrected chi connectivity index (χ3v) is 4.69. The maximum absolute atomic E-state index is 12.6. The standard InChI is InChI=1S/C22H25N3O/c1-4-21(19-9-5-16(2)6-10-19)24-22(26)20-11-7-18(8-12-20)15-25-14-13-23-17(25)3/h5-14,21H,4,15H2,1-3H3,(H,24,26). The maximum atomic E-state index is 12.6. The lowest BCUT2D eigenvalue weighted by Crippen LogP contribution is -2.28. The first kappa shape index (κ1) is 17.9. The summed E-state index contributed by atoms with van der Waals surface area (Å²) >= 11 is 0. The Morgan fingerprint density at radius 1 is 1.08 bits per heavy atom. The van der Waals surface area contributed by atoms with Gasteiger partial charge in [-0.05, 0) is 43.5 Å². The number of nitrogens with one attached hydrogen (secondary N) is 1. The first-order valence-electron chi connectivity index (χ1n) is 9.01. The molecule has 4 nitrogen and oxygen atoms in total. The van der Waals surface area contributed by atoms with E-state index in [0.717, 1.165) is 29.9 Å². The van der Waals surface area contributed by atoms with Gasteiger partial charge < -0.3 is 9.88 Å². The van der Waals surface area contributed by atoms with Gasteiger partial charge >= 0.3 is 0 Å². The summed E-state index contributed by atoms with van der Waals surface area (Å²) in [5.74, 6) is 0.943. The number of hydrogen-bond acceptors (Lipinski definition) is 2. The molecule has 0 bridgehead atoms. The van der Waals surface area contributed by atoms with Gasteiger partial charge in [0.15, 0.2) is 0 Å². The third kappa shape index (κ3) is 4.20. The summed E-state index contributed by atoms with van der Waals surface area (Å²) in [6.07, 6.45) is 4.61. The number of nitrogens with zero attached hydrogens (tertiary/aromatic N) is 2. The van der Waals surface area contributed by atoms with Crippen molar-refractivity contribution in [2.24, 2.45) is 0 Å². The van der Waals surface area contributed by atoms with Crippen molar-refractivity contribution in [2.75, 3.05) is 0 Å². The second-order valence-electron chi connectivity index (χ2n) is 6.64. The molecule has 1 N–H and O–H groups in total. The minimum atomic E-state index is -0.0391. The topological polar surface area (TPSA) is 46.9 Å². The Bertz CT molecular complexity index is 863. The predicted octanol–water partition coefficient (Wildman–Crippen LogP) is 4.43. The summed E-state index contributed by atoms with van der Waals surface area (Å²) in [5, 5.41) is 3.14. The summed E-state index contributed by atoms with van der Waals surface area (Å²) in [6, 6.07) is 16.1. The van der Waals surface area contributed by atoms with E-state index in [4.69, 9.17) is 0 Å². The zero-order valence-corrected chi connectivity index (χ0v) is 15.6. The number of aromatic nitrogens is 2. The Morgan fingerprint density at radius 3 is 2.35 bits per heavy atom. The number of aryl methyl sites for hydroxylation is 2. The van der Waals surface area contributed by atoms with Crippen molar-refractivity contribution in [3.63, 3.8) is 0 Å². The van der Waals surface area contributed by atoms with E-state index in [1.54, 1.807) is 6.20 Å². The number of carbonyl (C=O) groups excluding carboxylic acids is 1. The second-order valence-corrected chi connectivity index (χ2v) is 6.64. The summed E-state index contributed by atoms with van der Waals surface area (Å²) in [5.41, 5.74) is 4.19. The Labute approximate surface area is 154 Å². The number of hydrogen-bond donors (Lipinski definition) is 1. The zero-order valence-electron chi connectivity index (χ0n) is 15.6.